The third kappa shape index (κ3) is 3.42. The van der Waals surface area contributed by atoms with Crippen molar-refractivity contribution in [1.29, 1.82) is 0 Å². The predicted molar refractivity (Wildman–Crippen MR) is 120 cm³/mol. The van der Waals surface area contributed by atoms with E-state index in [1.54, 1.807) is 6.07 Å². The van der Waals surface area contributed by atoms with E-state index < -0.39 is 5.82 Å². The van der Waals surface area contributed by atoms with Gasteiger partial charge in [-0.15, -0.1) is 0 Å². The SMILES string of the molecule is CC(Oc1cc(F)c2cc(Cl)c(N)nc2c1)C1=CC(n2ccc3c(N)ncnc32)CC1. The number of nitrogen functional groups attached to an aromatic ring is 2. The second-order valence-corrected chi connectivity index (χ2v) is 8.06. The van der Waals surface area contributed by atoms with E-state index in [1.807, 2.05) is 19.2 Å². The summed E-state index contributed by atoms with van der Waals surface area (Å²) in [5, 5.41) is 1.37. The highest BCUT2D eigenvalue weighted by Gasteiger charge is 2.24. The van der Waals surface area contributed by atoms with Crippen molar-refractivity contribution in [2.75, 3.05) is 11.5 Å². The molecule has 158 valence electrons. The van der Waals surface area contributed by atoms with E-state index in [1.165, 1.54) is 18.5 Å². The van der Waals surface area contributed by atoms with Crippen LogP contribution in [-0.4, -0.2) is 25.6 Å². The van der Waals surface area contributed by atoms with Crippen LogP contribution in [0, 0.1) is 5.82 Å². The van der Waals surface area contributed by atoms with Gasteiger partial charge in [0.1, 0.15) is 41.3 Å². The number of nitrogens with two attached hydrogens (primary N) is 2. The second kappa shape index (κ2) is 7.39. The smallest absolute Gasteiger partial charge is 0.146 e. The molecule has 9 heteroatoms. The van der Waals surface area contributed by atoms with Crippen LogP contribution in [0.25, 0.3) is 21.9 Å². The number of fused-ring (bicyclic) bond motifs is 2. The van der Waals surface area contributed by atoms with E-state index in [0.717, 1.165) is 29.4 Å². The fourth-order valence-corrected chi connectivity index (χ4v) is 4.24. The zero-order chi connectivity index (χ0) is 21.7. The first-order chi connectivity index (χ1) is 14.9. The first-order valence-corrected chi connectivity index (χ1v) is 10.3. The van der Waals surface area contributed by atoms with Crippen molar-refractivity contribution in [2.45, 2.75) is 31.9 Å². The number of hydrogen-bond donors (Lipinski definition) is 2. The summed E-state index contributed by atoms with van der Waals surface area (Å²) in [4.78, 5) is 12.6. The number of benzene rings is 1. The van der Waals surface area contributed by atoms with Crippen molar-refractivity contribution in [3.63, 3.8) is 0 Å². The third-order valence-electron chi connectivity index (χ3n) is 5.71. The van der Waals surface area contributed by atoms with Crippen LogP contribution in [0.1, 0.15) is 25.8 Å². The lowest BCUT2D eigenvalue weighted by molar-refractivity contribution is 0.253. The Bertz CT molecular complexity index is 1350. The number of halogens is 2. The highest BCUT2D eigenvalue weighted by atomic mass is 35.5. The van der Waals surface area contributed by atoms with E-state index in [-0.39, 0.29) is 23.0 Å². The van der Waals surface area contributed by atoms with Crippen molar-refractivity contribution in [1.82, 2.24) is 19.5 Å². The number of anilines is 2. The van der Waals surface area contributed by atoms with E-state index in [0.29, 0.717) is 22.5 Å². The summed E-state index contributed by atoms with van der Waals surface area (Å²) in [6.45, 7) is 1.95. The van der Waals surface area contributed by atoms with E-state index in [9.17, 15) is 4.39 Å². The van der Waals surface area contributed by atoms with Gasteiger partial charge in [-0.2, -0.15) is 0 Å². The number of aromatic nitrogens is 4. The molecule has 0 radical (unpaired) electrons. The van der Waals surface area contributed by atoms with Gasteiger partial charge in [0.05, 0.1) is 22.0 Å². The Labute approximate surface area is 182 Å². The number of pyridine rings is 1. The summed E-state index contributed by atoms with van der Waals surface area (Å²) < 4.78 is 22.7. The van der Waals surface area contributed by atoms with Crippen molar-refractivity contribution >= 4 is 45.2 Å². The molecule has 0 fully saturated rings. The lowest BCUT2D eigenvalue weighted by atomic mass is 10.1. The summed E-state index contributed by atoms with van der Waals surface area (Å²) >= 11 is 5.96. The average molecular weight is 439 g/mol. The van der Waals surface area contributed by atoms with Gasteiger partial charge in [-0.1, -0.05) is 17.7 Å². The van der Waals surface area contributed by atoms with E-state index in [4.69, 9.17) is 27.8 Å². The first-order valence-electron chi connectivity index (χ1n) is 9.90. The maximum Gasteiger partial charge on any atom is 0.146 e. The van der Waals surface area contributed by atoms with Crippen molar-refractivity contribution in [2.24, 2.45) is 0 Å². The molecule has 2 unspecified atom stereocenters. The molecule has 3 heterocycles. The highest BCUT2D eigenvalue weighted by molar-refractivity contribution is 6.33. The molecule has 1 aliphatic rings. The second-order valence-electron chi connectivity index (χ2n) is 7.65. The first kappa shape index (κ1) is 19.6. The molecule has 5 rings (SSSR count). The van der Waals surface area contributed by atoms with E-state index >= 15 is 0 Å². The minimum atomic E-state index is -0.455. The molecule has 4 N–H and O–H groups in total. The van der Waals surface area contributed by atoms with Crippen LogP contribution in [0.5, 0.6) is 5.75 Å². The normalized spacial score (nSPS) is 17.3. The van der Waals surface area contributed by atoms with E-state index in [2.05, 4.69) is 25.6 Å². The number of nitrogens with zero attached hydrogens (tertiary/aromatic N) is 4. The monoisotopic (exact) mass is 438 g/mol. The number of rotatable bonds is 4. The molecule has 0 spiro atoms. The van der Waals surface area contributed by atoms with Gasteiger partial charge in [-0.3, -0.25) is 0 Å². The largest absolute Gasteiger partial charge is 0.486 e. The molecule has 0 saturated carbocycles. The lowest BCUT2D eigenvalue weighted by Gasteiger charge is -2.16. The fraction of sp³-hybridized carbons (Fsp3) is 0.227. The Kier molecular flexibility index (Phi) is 4.66. The third-order valence-corrected chi connectivity index (χ3v) is 6.01. The zero-order valence-corrected chi connectivity index (χ0v) is 17.5. The summed E-state index contributed by atoms with van der Waals surface area (Å²) in [6, 6.07) is 6.57. The molecule has 0 amide bonds. The molecule has 0 aliphatic heterocycles. The van der Waals surface area contributed by atoms with Gasteiger partial charge in [-0.25, -0.2) is 19.3 Å². The van der Waals surface area contributed by atoms with Gasteiger partial charge in [0.15, 0.2) is 0 Å². The van der Waals surface area contributed by atoms with Gasteiger partial charge in [-0.05, 0) is 37.5 Å². The molecular weight excluding hydrogens is 419 g/mol. The molecule has 1 aromatic carbocycles. The predicted octanol–water partition coefficient (Wildman–Crippen LogP) is 4.67. The lowest BCUT2D eigenvalue weighted by Crippen LogP contribution is -2.14. The molecule has 2 atom stereocenters. The zero-order valence-electron chi connectivity index (χ0n) is 16.7. The number of hydrogen-bond acceptors (Lipinski definition) is 6. The van der Waals surface area contributed by atoms with Crippen molar-refractivity contribution in [3.05, 3.63) is 59.3 Å². The van der Waals surface area contributed by atoms with Crippen LogP contribution in [0.2, 0.25) is 5.02 Å². The minimum Gasteiger partial charge on any atom is -0.486 e. The van der Waals surface area contributed by atoms with Gasteiger partial charge >= 0.3 is 0 Å². The van der Waals surface area contributed by atoms with Gasteiger partial charge < -0.3 is 20.8 Å². The summed E-state index contributed by atoms with van der Waals surface area (Å²) in [7, 11) is 0. The average Bonchev–Trinajstić information content (AvgIpc) is 3.37. The van der Waals surface area contributed by atoms with Gasteiger partial charge in [0.25, 0.3) is 0 Å². The van der Waals surface area contributed by atoms with Crippen LogP contribution in [0.3, 0.4) is 0 Å². The maximum absolute atomic E-state index is 14.6. The summed E-state index contributed by atoms with van der Waals surface area (Å²) in [6.07, 6.45) is 7.18. The maximum atomic E-state index is 14.6. The Morgan fingerprint density at radius 2 is 2.03 bits per heavy atom. The van der Waals surface area contributed by atoms with Crippen LogP contribution in [0.4, 0.5) is 16.0 Å². The number of ether oxygens (including phenoxy) is 1. The van der Waals surface area contributed by atoms with Crippen molar-refractivity contribution in [3.8, 4) is 5.75 Å². The highest BCUT2D eigenvalue weighted by Crippen LogP contribution is 2.35. The molecule has 0 bridgehead atoms. The van der Waals surface area contributed by atoms with Crippen LogP contribution >= 0.6 is 11.6 Å². The Balaban J connectivity index is 1.40. The van der Waals surface area contributed by atoms with Crippen LogP contribution < -0.4 is 16.2 Å². The Hall–Kier alpha value is -3.39. The topological polar surface area (TPSA) is 105 Å². The van der Waals surface area contributed by atoms with Crippen molar-refractivity contribution < 1.29 is 9.13 Å². The molecule has 31 heavy (non-hydrogen) atoms. The Morgan fingerprint density at radius 3 is 2.87 bits per heavy atom. The van der Waals surface area contributed by atoms with Gasteiger partial charge in [0, 0.05) is 23.7 Å². The molecule has 1 aliphatic carbocycles. The fourth-order valence-electron chi connectivity index (χ4n) is 4.09. The quantitative estimate of drug-likeness (QED) is 0.449. The molecule has 0 saturated heterocycles. The van der Waals surface area contributed by atoms with Gasteiger partial charge in [0.2, 0.25) is 0 Å². The number of allylic oxidation sites excluding steroid dienone is 1. The van der Waals surface area contributed by atoms with Crippen LogP contribution in [0.15, 0.2) is 48.4 Å². The van der Waals surface area contributed by atoms with Crippen LogP contribution in [-0.2, 0) is 0 Å². The molecule has 3 aromatic heterocycles. The molecular formula is C22H20ClFN6O. The molecule has 4 aromatic rings. The summed E-state index contributed by atoms with van der Waals surface area (Å²) in [5.41, 5.74) is 14.1. The molecule has 7 nitrogen and oxygen atoms in total. The standard InChI is InChI=1S/C22H20ClFN6O/c1-11(31-14-7-18(24)16-9-17(23)21(26)29-19(16)8-14)12-2-3-13(6-12)30-5-4-15-20(25)27-10-28-22(15)30/h4-11,13H,2-3H2,1H3,(H2,26,29)(H2,25,27,28). The summed E-state index contributed by atoms with van der Waals surface area (Å²) in [5.74, 6) is 0.562. The Morgan fingerprint density at radius 1 is 1.19 bits per heavy atom. The minimum absolute atomic E-state index is 0.143.